The van der Waals surface area contributed by atoms with Crippen molar-refractivity contribution in [2.24, 2.45) is 5.92 Å². The van der Waals surface area contributed by atoms with Crippen LogP contribution in [0, 0.1) is 24.5 Å². The first-order valence-electron chi connectivity index (χ1n) is 11.5. The van der Waals surface area contributed by atoms with Gasteiger partial charge in [0, 0.05) is 18.0 Å². The van der Waals surface area contributed by atoms with Gasteiger partial charge in [-0.1, -0.05) is 24.3 Å². The molecule has 1 saturated carbocycles. The maximum absolute atomic E-state index is 14.0. The van der Waals surface area contributed by atoms with Crippen LogP contribution in [0.2, 0.25) is 0 Å². The summed E-state index contributed by atoms with van der Waals surface area (Å²) in [5.74, 6) is -0.904. The Labute approximate surface area is 204 Å². The minimum Gasteiger partial charge on any atom is -0.349 e. The molecule has 3 heterocycles. The lowest BCUT2D eigenvalue weighted by atomic mass is 10.1. The second-order valence-corrected chi connectivity index (χ2v) is 10.4. The number of para-hydroxylation sites is 1. The van der Waals surface area contributed by atoms with Gasteiger partial charge in [-0.2, -0.15) is 0 Å². The van der Waals surface area contributed by atoms with E-state index in [4.69, 9.17) is 0 Å². The summed E-state index contributed by atoms with van der Waals surface area (Å²) < 4.78 is 27.8. The molecule has 2 amide bonds. The Kier molecular flexibility index (Phi) is 5.17. The molecule has 0 radical (unpaired) electrons. The van der Waals surface area contributed by atoms with Gasteiger partial charge in [-0.05, 0) is 55.5 Å². The lowest BCUT2D eigenvalue weighted by Gasteiger charge is -2.27. The molecule has 35 heavy (non-hydrogen) atoms. The number of piperidine rings is 1. The number of carbonyl (C=O) groups excluding carboxylic acids is 2. The van der Waals surface area contributed by atoms with Crippen LogP contribution in [0.1, 0.15) is 38.8 Å². The van der Waals surface area contributed by atoms with Crippen molar-refractivity contribution in [1.29, 1.82) is 0 Å². The van der Waals surface area contributed by atoms with Crippen molar-refractivity contribution in [2.45, 2.75) is 31.8 Å². The Morgan fingerprint density at radius 2 is 2.00 bits per heavy atom. The van der Waals surface area contributed by atoms with E-state index in [2.05, 4.69) is 15.3 Å². The number of H-pyrrole nitrogens is 1. The number of benzene rings is 2. The van der Waals surface area contributed by atoms with Crippen LogP contribution in [0.25, 0.3) is 21.3 Å². The smallest absolute Gasteiger partial charge is 0.274 e. The number of hydrogen-bond acceptors (Lipinski definition) is 4. The number of aromatic amines is 1. The summed E-state index contributed by atoms with van der Waals surface area (Å²) in [5.41, 5.74) is 1.52. The first-order chi connectivity index (χ1) is 16.9. The topological polar surface area (TPSA) is 78.1 Å². The van der Waals surface area contributed by atoms with Crippen LogP contribution >= 0.6 is 11.3 Å². The molecule has 178 valence electrons. The van der Waals surface area contributed by atoms with E-state index >= 15 is 0 Å². The van der Waals surface area contributed by atoms with Crippen LogP contribution in [0.5, 0.6) is 0 Å². The van der Waals surface area contributed by atoms with Crippen molar-refractivity contribution in [3.05, 3.63) is 76.6 Å². The Balaban J connectivity index is 1.22. The summed E-state index contributed by atoms with van der Waals surface area (Å²) in [6.45, 7) is 2.11. The zero-order valence-electron chi connectivity index (χ0n) is 18.8. The molecular weight excluding hydrogens is 470 g/mol. The number of fused-ring (bicyclic) bond motifs is 2. The summed E-state index contributed by atoms with van der Waals surface area (Å²) in [6, 6.07) is 12.4. The van der Waals surface area contributed by atoms with Crippen LogP contribution in [-0.4, -0.2) is 45.3 Å². The third-order valence-corrected chi connectivity index (χ3v) is 7.84. The van der Waals surface area contributed by atoms with Crippen LogP contribution in [0.3, 0.4) is 0 Å². The average molecular weight is 493 g/mol. The van der Waals surface area contributed by atoms with Gasteiger partial charge in [0.25, 0.3) is 11.8 Å². The Morgan fingerprint density at radius 1 is 1.17 bits per heavy atom. The molecule has 2 aromatic carbocycles. The predicted molar refractivity (Wildman–Crippen MR) is 129 cm³/mol. The second-order valence-electron chi connectivity index (χ2n) is 9.18. The number of rotatable bonds is 5. The molecule has 1 aliphatic heterocycles. The van der Waals surface area contributed by atoms with E-state index in [0.717, 1.165) is 17.8 Å². The number of nitrogens with one attached hydrogen (secondary N) is 2. The summed E-state index contributed by atoms with van der Waals surface area (Å²) in [5, 5.41) is 4.26. The van der Waals surface area contributed by atoms with Gasteiger partial charge in [0.1, 0.15) is 23.0 Å². The third-order valence-electron chi connectivity index (χ3n) is 6.82. The highest BCUT2D eigenvalue weighted by Crippen LogP contribution is 2.48. The van der Waals surface area contributed by atoms with Crippen molar-refractivity contribution in [3.63, 3.8) is 0 Å². The number of carbonyl (C=O) groups is 2. The highest BCUT2D eigenvalue weighted by Gasteiger charge is 2.54. The van der Waals surface area contributed by atoms with Crippen molar-refractivity contribution in [2.75, 3.05) is 6.54 Å². The van der Waals surface area contributed by atoms with Crippen molar-refractivity contribution < 1.29 is 18.4 Å². The predicted octanol–water partition coefficient (Wildman–Crippen LogP) is 4.91. The normalized spacial score (nSPS) is 20.8. The van der Waals surface area contributed by atoms with E-state index in [1.54, 1.807) is 30.3 Å². The van der Waals surface area contributed by atoms with Gasteiger partial charge >= 0.3 is 0 Å². The number of amides is 2. The Bertz CT molecular complexity index is 1480. The van der Waals surface area contributed by atoms with Crippen LogP contribution in [-0.2, 0) is 0 Å². The molecule has 6 rings (SSSR count). The molecule has 2 unspecified atom stereocenters. The van der Waals surface area contributed by atoms with Crippen LogP contribution in [0.4, 0.5) is 8.78 Å². The minimum atomic E-state index is -0.415. The number of likely N-dealkylation sites (tertiary alicyclic amines) is 1. The molecule has 2 aromatic heterocycles. The lowest BCUT2D eigenvalue weighted by molar-refractivity contribution is 0.0684. The van der Waals surface area contributed by atoms with E-state index in [-0.39, 0.29) is 42.0 Å². The lowest BCUT2D eigenvalue weighted by Crippen LogP contribution is -2.45. The largest absolute Gasteiger partial charge is 0.349 e. The highest BCUT2D eigenvalue weighted by molar-refractivity contribution is 7.15. The third kappa shape index (κ3) is 3.89. The number of thiazole rings is 1. The maximum atomic E-state index is 14.0. The number of aromatic nitrogens is 2. The molecule has 0 spiro atoms. The SMILES string of the molecule is Cc1nc(C(=O)N2C3CC3C[C@H]2CNC(=O)c2cc3cccc(F)c3[nH]2)c(-c2cccc(F)c2)s1. The Morgan fingerprint density at radius 3 is 2.80 bits per heavy atom. The quantitative estimate of drug-likeness (QED) is 0.416. The van der Waals surface area contributed by atoms with Crippen molar-refractivity contribution in [3.8, 4) is 10.4 Å². The van der Waals surface area contributed by atoms with Gasteiger partial charge in [-0.15, -0.1) is 11.3 Å². The Hall–Kier alpha value is -3.59. The molecule has 2 fully saturated rings. The van der Waals surface area contributed by atoms with E-state index in [1.165, 1.54) is 29.5 Å². The molecular formula is C26H22F2N4O2S. The molecule has 4 aromatic rings. The first kappa shape index (κ1) is 21.9. The number of halogens is 2. The first-order valence-corrected chi connectivity index (χ1v) is 12.3. The van der Waals surface area contributed by atoms with Crippen LogP contribution in [0.15, 0.2) is 48.5 Å². The summed E-state index contributed by atoms with van der Waals surface area (Å²) in [6.07, 6.45) is 1.74. The molecule has 1 aliphatic carbocycles. The molecule has 2 aliphatic rings. The minimum absolute atomic E-state index is 0.133. The molecule has 1 saturated heterocycles. The van der Waals surface area contributed by atoms with Gasteiger partial charge < -0.3 is 15.2 Å². The van der Waals surface area contributed by atoms with Gasteiger partial charge in [-0.3, -0.25) is 9.59 Å². The van der Waals surface area contributed by atoms with E-state index in [0.29, 0.717) is 33.0 Å². The molecule has 2 N–H and O–H groups in total. The molecule has 3 atom stereocenters. The van der Waals surface area contributed by atoms with Gasteiger partial charge in [-0.25, -0.2) is 13.8 Å². The molecule has 9 heteroatoms. The fraction of sp³-hybridized carbons (Fsp3) is 0.269. The summed E-state index contributed by atoms with van der Waals surface area (Å²) >= 11 is 1.37. The van der Waals surface area contributed by atoms with Crippen molar-refractivity contribution in [1.82, 2.24) is 20.2 Å². The van der Waals surface area contributed by atoms with Crippen molar-refractivity contribution >= 4 is 34.1 Å². The summed E-state index contributed by atoms with van der Waals surface area (Å²) in [4.78, 5) is 36.3. The highest BCUT2D eigenvalue weighted by atomic mass is 32.1. The fourth-order valence-electron chi connectivity index (χ4n) is 5.12. The van der Waals surface area contributed by atoms with Gasteiger partial charge in [0.05, 0.1) is 21.4 Å². The van der Waals surface area contributed by atoms with E-state index in [1.807, 2.05) is 11.8 Å². The zero-order valence-corrected chi connectivity index (χ0v) is 19.7. The van der Waals surface area contributed by atoms with Gasteiger partial charge in [0.2, 0.25) is 0 Å². The second kappa shape index (κ2) is 8.27. The molecule has 6 nitrogen and oxygen atoms in total. The number of hydrogen-bond donors (Lipinski definition) is 2. The summed E-state index contributed by atoms with van der Waals surface area (Å²) in [7, 11) is 0. The average Bonchev–Trinajstić information content (AvgIpc) is 3.17. The van der Waals surface area contributed by atoms with Crippen LogP contribution < -0.4 is 5.32 Å². The zero-order chi connectivity index (χ0) is 24.3. The standard InChI is InChI=1S/C26H22F2N4O2S/c1-13-30-23(24(35-13)15-5-2-6-17(27)8-15)26(34)32-18(9-16-11-21(16)32)12-29-25(33)20-10-14-4-3-7-19(28)22(14)31-20/h2-8,10,16,18,21,31H,9,11-12H2,1H3,(H,29,33)/t16?,18-,21?/m0/s1. The fourth-order valence-corrected chi connectivity index (χ4v) is 6.03. The van der Waals surface area contributed by atoms with E-state index < -0.39 is 5.82 Å². The molecule has 0 bridgehead atoms. The number of nitrogens with zero attached hydrogens (tertiary/aromatic N) is 2. The number of aryl methyl sites for hydroxylation is 1. The van der Waals surface area contributed by atoms with E-state index in [9.17, 15) is 18.4 Å². The van der Waals surface area contributed by atoms with Gasteiger partial charge in [0.15, 0.2) is 0 Å². The maximum Gasteiger partial charge on any atom is 0.274 e. The monoisotopic (exact) mass is 492 g/mol.